The van der Waals surface area contributed by atoms with Gasteiger partial charge in [0.2, 0.25) is 0 Å². The molecule has 0 radical (unpaired) electrons. The van der Waals surface area contributed by atoms with Crippen LogP contribution in [0.1, 0.15) is 31.9 Å². The van der Waals surface area contributed by atoms with Crippen LogP contribution in [0.5, 0.6) is 0 Å². The van der Waals surface area contributed by atoms with Gasteiger partial charge in [-0.3, -0.25) is 0 Å². The van der Waals surface area contributed by atoms with E-state index >= 15 is 0 Å². The van der Waals surface area contributed by atoms with Gasteiger partial charge in [0.05, 0.1) is 24.3 Å². The maximum Gasteiger partial charge on any atom is 0.110 e. The van der Waals surface area contributed by atoms with E-state index in [9.17, 15) is 5.11 Å². The lowest BCUT2D eigenvalue weighted by molar-refractivity contribution is -0.0574. The molecular weight excluding hydrogens is 202 g/mol. The Labute approximate surface area is 96.3 Å². The zero-order chi connectivity index (χ0) is 12.2. The Hall–Kier alpha value is -1.37. The number of benzene rings is 1. The van der Waals surface area contributed by atoms with Crippen molar-refractivity contribution in [2.75, 3.05) is 6.61 Å². The molecule has 0 aliphatic heterocycles. The van der Waals surface area contributed by atoms with Gasteiger partial charge in [-0.15, -0.1) is 0 Å². The van der Waals surface area contributed by atoms with Crippen LogP contribution in [0.4, 0.5) is 0 Å². The van der Waals surface area contributed by atoms with Crippen LogP contribution < -0.4 is 0 Å². The van der Waals surface area contributed by atoms with Crippen LogP contribution in [0.25, 0.3) is 0 Å². The zero-order valence-corrected chi connectivity index (χ0v) is 9.90. The first-order valence-corrected chi connectivity index (χ1v) is 5.30. The van der Waals surface area contributed by atoms with Crippen molar-refractivity contribution in [1.29, 1.82) is 5.26 Å². The molecule has 1 aromatic carbocycles. The molecule has 0 saturated carbocycles. The second-order valence-electron chi connectivity index (χ2n) is 4.33. The first-order valence-electron chi connectivity index (χ1n) is 5.30. The monoisotopic (exact) mass is 219 g/mol. The molecular formula is C13H17NO2. The van der Waals surface area contributed by atoms with Crippen LogP contribution in [0.2, 0.25) is 0 Å². The summed E-state index contributed by atoms with van der Waals surface area (Å²) in [7, 11) is 0. The van der Waals surface area contributed by atoms with Crippen LogP contribution in [-0.4, -0.2) is 17.8 Å². The molecule has 0 aromatic heterocycles. The molecule has 86 valence electrons. The number of nitrogens with zero attached hydrogens (tertiary/aromatic N) is 1. The van der Waals surface area contributed by atoms with Crippen molar-refractivity contribution in [2.45, 2.75) is 32.5 Å². The molecule has 0 spiro atoms. The Bertz CT molecular complexity index is 391. The Balaban J connectivity index is 2.85. The van der Waals surface area contributed by atoms with E-state index in [0.717, 1.165) is 0 Å². The van der Waals surface area contributed by atoms with E-state index in [1.807, 2.05) is 13.8 Å². The van der Waals surface area contributed by atoms with Gasteiger partial charge in [0.15, 0.2) is 0 Å². The summed E-state index contributed by atoms with van der Waals surface area (Å²) in [5.41, 5.74) is 0.187. The summed E-state index contributed by atoms with van der Waals surface area (Å²) in [4.78, 5) is 0. The first kappa shape index (κ1) is 12.7. The smallest absolute Gasteiger partial charge is 0.110 e. The van der Waals surface area contributed by atoms with Gasteiger partial charge in [-0.2, -0.15) is 5.26 Å². The molecule has 0 heterocycles. The van der Waals surface area contributed by atoms with Crippen molar-refractivity contribution in [3.63, 3.8) is 0 Å². The molecule has 1 N–H and O–H groups in total. The lowest BCUT2D eigenvalue weighted by Crippen LogP contribution is -2.29. The number of rotatable bonds is 4. The molecule has 0 aliphatic rings. The Morgan fingerprint density at radius 2 is 2.19 bits per heavy atom. The van der Waals surface area contributed by atoms with Crippen LogP contribution in [0.3, 0.4) is 0 Å². The SMILES string of the molecule is CC(C)OCC(C)(O)c1cccc(C#N)c1. The van der Waals surface area contributed by atoms with Crippen molar-refractivity contribution in [1.82, 2.24) is 0 Å². The molecule has 0 aliphatic carbocycles. The number of aliphatic hydroxyl groups is 1. The number of hydrogen-bond donors (Lipinski definition) is 1. The summed E-state index contributed by atoms with van der Waals surface area (Å²) in [5, 5.41) is 19.0. The largest absolute Gasteiger partial charge is 0.383 e. The fraction of sp³-hybridized carbons (Fsp3) is 0.462. The Kier molecular flexibility index (Phi) is 4.05. The van der Waals surface area contributed by atoms with Gasteiger partial charge in [0.25, 0.3) is 0 Å². The van der Waals surface area contributed by atoms with Gasteiger partial charge in [-0.05, 0) is 38.5 Å². The second kappa shape index (κ2) is 5.11. The molecule has 1 rings (SSSR count). The first-order chi connectivity index (χ1) is 7.45. The van der Waals surface area contributed by atoms with E-state index < -0.39 is 5.60 Å². The minimum absolute atomic E-state index is 0.0747. The molecule has 0 amide bonds. The molecule has 0 bridgehead atoms. The predicted molar refractivity (Wildman–Crippen MR) is 61.8 cm³/mol. The van der Waals surface area contributed by atoms with Crippen molar-refractivity contribution < 1.29 is 9.84 Å². The molecule has 0 saturated heterocycles. The van der Waals surface area contributed by atoms with E-state index in [2.05, 4.69) is 6.07 Å². The third-order valence-corrected chi connectivity index (χ3v) is 2.31. The van der Waals surface area contributed by atoms with E-state index in [1.54, 1.807) is 31.2 Å². The predicted octanol–water partition coefficient (Wildman–Crippen LogP) is 2.19. The highest BCUT2D eigenvalue weighted by atomic mass is 16.5. The molecule has 1 atom stereocenters. The normalized spacial score (nSPS) is 14.5. The average molecular weight is 219 g/mol. The van der Waals surface area contributed by atoms with Crippen LogP contribution in [-0.2, 0) is 10.3 Å². The topological polar surface area (TPSA) is 53.2 Å². The third kappa shape index (κ3) is 3.34. The molecule has 1 unspecified atom stereocenters. The third-order valence-electron chi connectivity index (χ3n) is 2.31. The minimum Gasteiger partial charge on any atom is -0.383 e. The minimum atomic E-state index is -1.06. The maximum absolute atomic E-state index is 10.2. The van der Waals surface area contributed by atoms with Crippen molar-refractivity contribution in [3.8, 4) is 6.07 Å². The lowest BCUT2D eigenvalue weighted by atomic mass is 9.95. The van der Waals surface area contributed by atoms with Gasteiger partial charge in [0, 0.05) is 0 Å². The van der Waals surface area contributed by atoms with E-state index in [4.69, 9.17) is 10.00 Å². The van der Waals surface area contributed by atoms with Crippen LogP contribution in [0, 0.1) is 11.3 Å². The van der Waals surface area contributed by atoms with Crippen molar-refractivity contribution in [3.05, 3.63) is 35.4 Å². The van der Waals surface area contributed by atoms with Crippen molar-refractivity contribution in [2.24, 2.45) is 0 Å². The number of nitriles is 1. The highest BCUT2D eigenvalue weighted by molar-refractivity contribution is 5.35. The van der Waals surface area contributed by atoms with Crippen LogP contribution in [0.15, 0.2) is 24.3 Å². The fourth-order valence-corrected chi connectivity index (χ4v) is 1.34. The van der Waals surface area contributed by atoms with Gasteiger partial charge < -0.3 is 9.84 Å². The summed E-state index contributed by atoms with van der Waals surface area (Å²) in [6.45, 7) is 5.75. The second-order valence-corrected chi connectivity index (χ2v) is 4.33. The molecule has 3 nitrogen and oxygen atoms in total. The van der Waals surface area contributed by atoms with E-state index in [1.165, 1.54) is 0 Å². The lowest BCUT2D eigenvalue weighted by Gasteiger charge is -2.25. The summed E-state index contributed by atoms with van der Waals surface area (Å²) in [6, 6.07) is 9.01. The molecule has 0 fully saturated rings. The van der Waals surface area contributed by atoms with Crippen LogP contribution >= 0.6 is 0 Å². The Morgan fingerprint density at radius 3 is 2.75 bits per heavy atom. The standard InChI is InChI=1S/C13H17NO2/c1-10(2)16-9-13(3,15)12-6-4-5-11(7-12)8-14/h4-7,10,15H,9H2,1-3H3. The summed E-state index contributed by atoms with van der Waals surface area (Å²) < 4.78 is 5.40. The summed E-state index contributed by atoms with van der Waals surface area (Å²) in [5.74, 6) is 0. The maximum atomic E-state index is 10.2. The van der Waals surface area contributed by atoms with Gasteiger partial charge in [-0.1, -0.05) is 12.1 Å². The van der Waals surface area contributed by atoms with E-state index in [0.29, 0.717) is 11.1 Å². The van der Waals surface area contributed by atoms with E-state index in [-0.39, 0.29) is 12.7 Å². The summed E-state index contributed by atoms with van der Waals surface area (Å²) >= 11 is 0. The van der Waals surface area contributed by atoms with Crippen molar-refractivity contribution >= 4 is 0 Å². The highest BCUT2D eigenvalue weighted by Gasteiger charge is 2.24. The van der Waals surface area contributed by atoms with Gasteiger partial charge >= 0.3 is 0 Å². The molecule has 1 aromatic rings. The summed E-state index contributed by atoms with van der Waals surface area (Å²) in [6.07, 6.45) is 0.0747. The van der Waals surface area contributed by atoms with Gasteiger partial charge in [-0.25, -0.2) is 0 Å². The average Bonchev–Trinajstić information content (AvgIpc) is 2.27. The molecule has 16 heavy (non-hydrogen) atoms. The number of hydrogen-bond acceptors (Lipinski definition) is 3. The zero-order valence-electron chi connectivity index (χ0n) is 9.90. The number of ether oxygens (including phenoxy) is 1. The molecule has 3 heteroatoms. The quantitative estimate of drug-likeness (QED) is 0.844. The van der Waals surface area contributed by atoms with Gasteiger partial charge in [0.1, 0.15) is 5.60 Å². The highest BCUT2D eigenvalue weighted by Crippen LogP contribution is 2.22. The Morgan fingerprint density at radius 1 is 1.50 bits per heavy atom. The fourth-order valence-electron chi connectivity index (χ4n) is 1.34.